The molecule has 0 spiro atoms. The summed E-state index contributed by atoms with van der Waals surface area (Å²) in [5, 5.41) is 2.44. The number of amides is 2. The smallest absolute Gasteiger partial charge is 0.329 e. The van der Waals surface area contributed by atoms with Gasteiger partial charge in [-0.1, -0.05) is 23.7 Å². The molecule has 1 heterocycles. The van der Waals surface area contributed by atoms with Crippen molar-refractivity contribution in [1.82, 2.24) is 15.0 Å². The van der Waals surface area contributed by atoms with E-state index in [-0.39, 0.29) is 21.9 Å². The Balaban J connectivity index is 1.87. The predicted octanol–water partition coefficient (Wildman–Crippen LogP) is 4.75. The number of aromatic nitrogens is 1. The number of hydrogen-bond donors (Lipinski definition) is 2. The minimum atomic E-state index is -4.26. The van der Waals surface area contributed by atoms with E-state index in [4.69, 9.17) is 11.6 Å². The Morgan fingerprint density at radius 2 is 1.77 bits per heavy atom. The topological polar surface area (TPSA) is 88.2 Å². The van der Waals surface area contributed by atoms with E-state index >= 15 is 0 Å². The van der Waals surface area contributed by atoms with Gasteiger partial charge in [0.1, 0.15) is 16.5 Å². The van der Waals surface area contributed by atoms with Gasteiger partial charge in [0.2, 0.25) is 0 Å². The predicted molar refractivity (Wildman–Crippen MR) is 115 cm³/mol. The lowest BCUT2D eigenvalue weighted by Gasteiger charge is -2.20. The molecule has 2 aromatic carbocycles. The van der Waals surface area contributed by atoms with E-state index < -0.39 is 33.7 Å². The molecule has 0 saturated heterocycles. The highest BCUT2D eigenvalue weighted by Crippen LogP contribution is 2.25. The fourth-order valence-corrected chi connectivity index (χ4v) is 4.83. The van der Waals surface area contributed by atoms with Crippen LogP contribution in [0.15, 0.2) is 70.2 Å². The second-order valence-corrected chi connectivity index (χ2v) is 9.33. The van der Waals surface area contributed by atoms with Gasteiger partial charge in [-0.25, -0.2) is 26.7 Å². The Kier molecular flexibility index (Phi) is 7.24. The number of carbonyl (C=O) groups is 1. The van der Waals surface area contributed by atoms with Crippen LogP contribution in [0.3, 0.4) is 0 Å². The zero-order valence-electron chi connectivity index (χ0n) is 15.7. The number of urea groups is 1. The van der Waals surface area contributed by atoms with E-state index in [0.29, 0.717) is 10.2 Å². The lowest BCUT2D eigenvalue weighted by atomic mass is 10.0. The van der Waals surface area contributed by atoms with Gasteiger partial charge in [0, 0.05) is 16.7 Å². The van der Waals surface area contributed by atoms with E-state index in [1.165, 1.54) is 24.4 Å². The van der Waals surface area contributed by atoms with Gasteiger partial charge in [-0.15, -0.1) is 0 Å². The lowest BCUT2D eigenvalue weighted by Crippen LogP contribution is -2.42. The van der Waals surface area contributed by atoms with Crippen LogP contribution < -0.4 is 10.0 Å². The van der Waals surface area contributed by atoms with Gasteiger partial charge >= 0.3 is 6.03 Å². The van der Waals surface area contributed by atoms with Crippen molar-refractivity contribution in [3.63, 3.8) is 0 Å². The number of pyridine rings is 1. The normalized spacial score (nSPS) is 12.3. The Hall–Kier alpha value is -2.56. The molecule has 2 N–H and O–H groups in total. The van der Waals surface area contributed by atoms with Gasteiger partial charge in [-0.3, -0.25) is 4.98 Å². The fraction of sp³-hybridized carbons (Fsp3) is 0.100. The third-order valence-electron chi connectivity index (χ3n) is 4.14. The van der Waals surface area contributed by atoms with Crippen LogP contribution in [0.1, 0.15) is 17.3 Å². The molecular weight excluding hydrogens is 516 g/mol. The number of halogens is 4. The van der Waals surface area contributed by atoms with Crippen molar-refractivity contribution < 1.29 is 22.0 Å². The Morgan fingerprint density at radius 1 is 1.10 bits per heavy atom. The van der Waals surface area contributed by atoms with Crippen molar-refractivity contribution in [3.05, 3.63) is 93.2 Å². The highest BCUT2D eigenvalue weighted by molar-refractivity contribution is 9.10. The molecule has 0 radical (unpaired) electrons. The van der Waals surface area contributed by atoms with Crippen molar-refractivity contribution in [3.8, 4) is 0 Å². The molecule has 1 unspecified atom stereocenters. The zero-order valence-corrected chi connectivity index (χ0v) is 18.8. The highest BCUT2D eigenvalue weighted by atomic mass is 79.9. The summed E-state index contributed by atoms with van der Waals surface area (Å²) in [6, 6.07) is 9.96. The average Bonchev–Trinajstić information content (AvgIpc) is 2.67. The van der Waals surface area contributed by atoms with Gasteiger partial charge < -0.3 is 5.32 Å². The molecule has 6 nitrogen and oxygen atoms in total. The SMILES string of the molecule is O=C(NC(Cc1cc(F)cc(F)c1)c1ncccc1Br)NS(=O)(=O)c1ccccc1Cl. The van der Waals surface area contributed by atoms with Gasteiger partial charge in [-0.05, 0) is 64.3 Å². The second-order valence-electron chi connectivity index (χ2n) is 6.41. The van der Waals surface area contributed by atoms with Crippen molar-refractivity contribution in [2.24, 2.45) is 0 Å². The maximum Gasteiger partial charge on any atom is 0.329 e. The molecule has 1 atom stereocenters. The number of hydrogen-bond acceptors (Lipinski definition) is 4. The Morgan fingerprint density at radius 3 is 2.42 bits per heavy atom. The maximum absolute atomic E-state index is 13.6. The van der Waals surface area contributed by atoms with Gasteiger partial charge in [0.25, 0.3) is 10.0 Å². The summed E-state index contributed by atoms with van der Waals surface area (Å²) in [6.45, 7) is 0. The van der Waals surface area contributed by atoms with E-state index in [0.717, 1.165) is 18.2 Å². The fourth-order valence-electron chi connectivity index (χ4n) is 2.86. The van der Waals surface area contributed by atoms with Crippen LogP contribution in [0.2, 0.25) is 5.02 Å². The first-order valence-electron chi connectivity index (χ1n) is 8.79. The van der Waals surface area contributed by atoms with Crippen LogP contribution in [0.25, 0.3) is 0 Å². The van der Waals surface area contributed by atoms with Crippen LogP contribution in [-0.4, -0.2) is 19.4 Å². The number of nitrogens with one attached hydrogen (secondary N) is 2. The van der Waals surface area contributed by atoms with Gasteiger partial charge in [0.15, 0.2) is 0 Å². The minimum absolute atomic E-state index is 0.0517. The Labute approximate surface area is 190 Å². The van der Waals surface area contributed by atoms with Crippen molar-refractivity contribution >= 4 is 43.6 Å². The molecule has 2 amide bonds. The second kappa shape index (κ2) is 9.71. The molecule has 3 aromatic rings. The van der Waals surface area contributed by atoms with E-state index in [2.05, 4.69) is 26.2 Å². The van der Waals surface area contributed by atoms with Crippen LogP contribution >= 0.6 is 27.5 Å². The molecule has 11 heteroatoms. The van der Waals surface area contributed by atoms with Crippen LogP contribution in [0.4, 0.5) is 13.6 Å². The number of rotatable bonds is 6. The number of carbonyl (C=O) groups excluding carboxylic acids is 1. The molecule has 0 fully saturated rings. The number of benzene rings is 2. The summed E-state index contributed by atoms with van der Waals surface area (Å²) < 4.78 is 54.7. The minimum Gasteiger partial charge on any atom is -0.329 e. The van der Waals surface area contributed by atoms with Crippen molar-refractivity contribution in [1.29, 1.82) is 0 Å². The molecule has 0 aliphatic carbocycles. The largest absolute Gasteiger partial charge is 0.329 e. The van der Waals surface area contributed by atoms with E-state index in [1.807, 2.05) is 4.72 Å². The molecule has 0 bridgehead atoms. The molecule has 0 aliphatic rings. The molecule has 3 rings (SSSR count). The summed E-state index contributed by atoms with van der Waals surface area (Å²) >= 11 is 9.23. The van der Waals surface area contributed by atoms with Crippen LogP contribution in [-0.2, 0) is 16.4 Å². The third-order valence-corrected chi connectivity index (χ3v) is 6.64. The average molecular weight is 531 g/mol. The molecule has 162 valence electrons. The molecule has 0 saturated carbocycles. The third kappa shape index (κ3) is 5.99. The Bertz CT molecular complexity index is 1210. The lowest BCUT2D eigenvalue weighted by molar-refractivity contribution is 0.241. The molecule has 1 aromatic heterocycles. The summed E-state index contributed by atoms with van der Waals surface area (Å²) in [5.41, 5.74) is 0.590. The molecule has 31 heavy (non-hydrogen) atoms. The highest BCUT2D eigenvalue weighted by Gasteiger charge is 2.24. The first-order valence-corrected chi connectivity index (χ1v) is 11.4. The quantitative estimate of drug-likeness (QED) is 0.482. The van der Waals surface area contributed by atoms with Gasteiger partial charge in [0.05, 0.1) is 16.8 Å². The van der Waals surface area contributed by atoms with Crippen molar-refractivity contribution in [2.75, 3.05) is 0 Å². The summed E-state index contributed by atoms with van der Waals surface area (Å²) in [6.07, 6.45) is 1.42. The first-order chi connectivity index (χ1) is 14.7. The first kappa shape index (κ1) is 23.1. The standard InChI is InChI=1S/C20H15BrClF2N3O3S/c21-15-4-3-7-25-19(15)17(10-12-8-13(23)11-14(24)9-12)26-20(28)27-31(29,30)18-6-2-1-5-16(18)22/h1-9,11,17H,10H2,(H2,26,27,28). The van der Waals surface area contributed by atoms with Crippen molar-refractivity contribution in [2.45, 2.75) is 17.4 Å². The summed E-state index contributed by atoms with van der Waals surface area (Å²) in [5.74, 6) is -1.56. The van der Waals surface area contributed by atoms with E-state index in [9.17, 15) is 22.0 Å². The molecular formula is C20H15BrClF2N3O3S. The zero-order chi connectivity index (χ0) is 22.6. The van der Waals surface area contributed by atoms with Crippen LogP contribution in [0, 0.1) is 11.6 Å². The van der Waals surface area contributed by atoms with Gasteiger partial charge in [-0.2, -0.15) is 0 Å². The molecule has 0 aliphatic heterocycles. The summed E-state index contributed by atoms with van der Waals surface area (Å²) in [7, 11) is -4.26. The maximum atomic E-state index is 13.6. The monoisotopic (exact) mass is 529 g/mol. The van der Waals surface area contributed by atoms with Crippen LogP contribution in [0.5, 0.6) is 0 Å². The number of nitrogens with zero attached hydrogens (tertiary/aromatic N) is 1. The van der Waals surface area contributed by atoms with E-state index in [1.54, 1.807) is 18.2 Å². The number of sulfonamides is 1. The summed E-state index contributed by atoms with van der Waals surface area (Å²) in [4.78, 5) is 16.5.